The smallest absolute Gasteiger partial charge is 0.170 e. The van der Waals surface area contributed by atoms with Crippen LogP contribution in [0.5, 0.6) is 0 Å². The maximum absolute atomic E-state index is 5.54. The Morgan fingerprint density at radius 3 is 2.67 bits per heavy atom. The van der Waals surface area contributed by atoms with Crippen molar-refractivity contribution in [1.29, 1.82) is 0 Å². The Morgan fingerprint density at radius 2 is 2.00 bits per heavy atom. The van der Waals surface area contributed by atoms with Crippen LogP contribution in [-0.4, -0.2) is 12.2 Å². The second-order valence-corrected chi connectivity index (χ2v) is 4.44. The summed E-state index contributed by atoms with van der Waals surface area (Å²) in [5, 5.41) is 7.34. The van der Waals surface area contributed by atoms with Crippen LogP contribution in [0.1, 0.15) is 31.0 Å². The third kappa shape index (κ3) is 2.79. The fourth-order valence-electron chi connectivity index (χ4n) is 2.08. The molecule has 0 atom stereocenters. The third-order valence-electron chi connectivity index (χ3n) is 3.03. The molecular formula is C15H20N2O. The first-order valence-electron chi connectivity index (χ1n) is 6.54. The lowest BCUT2D eigenvalue weighted by atomic mass is 10.0. The minimum atomic E-state index is 0.759. The van der Waals surface area contributed by atoms with Gasteiger partial charge in [0.25, 0.3) is 0 Å². The first-order valence-corrected chi connectivity index (χ1v) is 6.54. The van der Waals surface area contributed by atoms with Crippen LogP contribution in [0.15, 0.2) is 34.9 Å². The quantitative estimate of drug-likeness (QED) is 0.846. The number of aromatic nitrogens is 1. The Labute approximate surface area is 108 Å². The molecule has 1 heterocycles. The van der Waals surface area contributed by atoms with Gasteiger partial charge in [-0.05, 0) is 19.9 Å². The van der Waals surface area contributed by atoms with E-state index in [0.717, 1.165) is 36.4 Å². The average Bonchev–Trinajstić information content (AvgIpc) is 2.81. The molecule has 0 unspecified atom stereocenters. The van der Waals surface area contributed by atoms with Crippen LogP contribution >= 0.6 is 0 Å². The van der Waals surface area contributed by atoms with Crippen molar-refractivity contribution >= 4 is 0 Å². The van der Waals surface area contributed by atoms with Crippen molar-refractivity contribution in [2.24, 2.45) is 0 Å². The molecule has 0 spiro atoms. The normalized spacial score (nSPS) is 10.8. The van der Waals surface area contributed by atoms with E-state index in [4.69, 9.17) is 4.52 Å². The highest BCUT2D eigenvalue weighted by atomic mass is 16.5. The highest BCUT2D eigenvalue weighted by Gasteiger charge is 2.16. The van der Waals surface area contributed by atoms with Crippen molar-refractivity contribution in [2.45, 2.75) is 32.7 Å². The molecule has 0 amide bonds. The van der Waals surface area contributed by atoms with Gasteiger partial charge in [-0.15, -0.1) is 0 Å². The van der Waals surface area contributed by atoms with Crippen molar-refractivity contribution in [3.63, 3.8) is 0 Å². The second kappa shape index (κ2) is 6.36. The summed E-state index contributed by atoms with van der Waals surface area (Å²) in [4.78, 5) is 0. The number of nitrogens with one attached hydrogen (secondary N) is 1. The van der Waals surface area contributed by atoms with Gasteiger partial charge >= 0.3 is 0 Å². The Kier molecular flexibility index (Phi) is 4.53. The van der Waals surface area contributed by atoms with Crippen molar-refractivity contribution in [3.8, 4) is 11.3 Å². The standard InChI is InChI=1S/C15H20N2O/c1-3-4-10-13-14(11-16-2)17-18-15(13)12-8-6-5-7-9-12/h5-9,16H,3-4,10-11H2,1-2H3. The molecule has 0 aliphatic carbocycles. The van der Waals surface area contributed by atoms with Gasteiger partial charge < -0.3 is 9.84 Å². The number of unbranched alkanes of at least 4 members (excludes halogenated alkanes) is 1. The van der Waals surface area contributed by atoms with Gasteiger partial charge in [0, 0.05) is 17.7 Å². The van der Waals surface area contributed by atoms with Gasteiger partial charge in [-0.1, -0.05) is 48.8 Å². The monoisotopic (exact) mass is 244 g/mol. The first-order chi connectivity index (χ1) is 8.86. The predicted octanol–water partition coefficient (Wildman–Crippen LogP) is 3.40. The van der Waals surface area contributed by atoms with Gasteiger partial charge in [0.2, 0.25) is 0 Å². The van der Waals surface area contributed by atoms with Gasteiger partial charge in [0.05, 0.1) is 0 Å². The molecule has 2 rings (SSSR count). The van der Waals surface area contributed by atoms with E-state index in [0.29, 0.717) is 0 Å². The zero-order chi connectivity index (χ0) is 12.8. The van der Waals surface area contributed by atoms with Crippen molar-refractivity contribution < 1.29 is 4.52 Å². The number of hydrogen-bond donors (Lipinski definition) is 1. The van der Waals surface area contributed by atoms with Crippen LogP contribution < -0.4 is 5.32 Å². The van der Waals surface area contributed by atoms with E-state index in [1.807, 2.05) is 25.2 Å². The number of rotatable bonds is 6. The van der Waals surface area contributed by atoms with Gasteiger partial charge in [0.15, 0.2) is 5.76 Å². The van der Waals surface area contributed by atoms with Crippen LogP contribution in [0, 0.1) is 0 Å². The van der Waals surface area contributed by atoms with E-state index in [1.54, 1.807) is 0 Å². The molecule has 0 aliphatic heterocycles. The van der Waals surface area contributed by atoms with Gasteiger partial charge in [0.1, 0.15) is 5.69 Å². The fourth-order valence-corrected chi connectivity index (χ4v) is 2.08. The molecule has 0 saturated carbocycles. The summed E-state index contributed by atoms with van der Waals surface area (Å²) in [5.41, 5.74) is 3.39. The molecule has 18 heavy (non-hydrogen) atoms. The summed E-state index contributed by atoms with van der Waals surface area (Å²) in [6, 6.07) is 10.2. The number of hydrogen-bond acceptors (Lipinski definition) is 3. The Bertz CT molecular complexity index is 476. The minimum Gasteiger partial charge on any atom is -0.356 e. The van der Waals surface area contributed by atoms with E-state index < -0.39 is 0 Å². The molecule has 1 aromatic heterocycles. The lowest BCUT2D eigenvalue weighted by Crippen LogP contribution is -2.07. The van der Waals surface area contributed by atoms with Crippen molar-refractivity contribution in [2.75, 3.05) is 7.05 Å². The van der Waals surface area contributed by atoms with Crippen LogP contribution in [0.25, 0.3) is 11.3 Å². The van der Waals surface area contributed by atoms with E-state index in [2.05, 4.69) is 29.5 Å². The fraction of sp³-hybridized carbons (Fsp3) is 0.400. The summed E-state index contributed by atoms with van der Waals surface area (Å²) >= 11 is 0. The summed E-state index contributed by atoms with van der Waals surface area (Å²) < 4.78 is 5.54. The zero-order valence-electron chi connectivity index (χ0n) is 11.1. The van der Waals surface area contributed by atoms with Crippen LogP contribution in [0.4, 0.5) is 0 Å². The highest BCUT2D eigenvalue weighted by Crippen LogP contribution is 2.27. The summed E-state index contributed by atoms with van der Waals surface area (Å²) in [5.74, 6) is 0.925. The van der Waals surface area contributed by atoms with E-state index in [9.17, 15) is 0 Å². The molecule has 0 aliphatic rings. The third-order valence-corrected chi connectivity index (χ3v) is 3.03. The first kappa shape index (κ1) is 12.8. The van der Waals surface area contributed by atoms with E-state index >= 15 is 0 Å². The van der Waals surface area contributed by atoms with Gasteiger partial charge in [-0.3, -0.25) is 0 Å². The second-order valence-electron chi connectivity index (χ2n) is 4.44. The van der Waals surface area contributed by atoms with Crippen LogP contribution in [-0.2, 0) is 13.0 Å². The van der Waals surface area contributed by atoms with Gasteiger partial charge in [-0.2, -0.15) is 0 Å². The zero-order valence-corrected chi connectivity index (χ0v) is 11.1. The molecule has 3 heteroatoms. The lowest BCUT2D eigenvalue weighted by Gasteiger charge is -2.03. The molecular weight excluding hydrogens is 224 g/mol. The van der Waals surface area contributed by atoms with Gasteiger partial charge in [-0.25, -0.2) is 0 Å². The number of nitrogens with zero attached hydrogens (tertiary/aromatic N) is 1. The topological polar surface area (TPSA) is 38.1 Å². The minimum absolute atomic E-state index is 0.759. The molecule has 1 aromatic carbocycles. The Hall–Kier alpha value is -1.61. The summed E-state index contributed by atoms with van der Waals surface area (Å²) in [7, 11) is 1.93. The molecule has 0 radical (unpaired) electrons. The van der Waals surface area contributed by atoms with E-state index in [-0.39, 0.29) is 0 Å². The Morgan fingerprint density at radius 1 is 1.22 bits per heavy atom. The Balaban J connectivity index is 2.34. The average molecular weight is 244 g/mol. The predicted molar refractivity (Wildman–Crippen MR) is 73.3 cm³/mol. The molecule has 2 aromatic rings. The molecule has 96 valence electrons. The molecule has 0 fully saturated rings. The maximum atomic E-state index is 5.54. The SMILES string of the molecule is CCCCc1c(CNC)noc1-c1ccccc1. The summed E-state index contributed by atoms with van der Waals surface area (Å²) in [6.07, 6.45) is 3.37. The van der Waals surface area contributed by atoms with E-state index in [1.165, 1.54) is 12.0 Å². The highest BCUT2D eigenvalue weighted by molar-refractivity contribution is 5.61. The molecule has 3 nitrogen and oxygen atoms in total. The van der Waals surface area contributed by atoms with Crippen molar-refractivity contribution in [1.82, 2.24) is 10.5 Å². The molecule has 0 saturated heterocycles. The maximum Gasteiger partial charge on any atom is 0.170 e. The van der Waals surface area contributed by atoms with Crippen LogP contribution in [0.2, 0.25) is 0 Å². The lowest BCUT2D eigenvalue weighted by molar-refractivity contribution is 0.421. The molecule has 0 bridgehead atoms. The van der Waals surface area contributed by atoms with Crippen LogP contribution in [0.3, 0.4) is 0 Å². The largest absolute Gasteiger partial charge is 0.356 e. The summed E-state index contributed by atoms with van der Waals surface area (Å²) in [6.45, 7) is 2.96. The number of benzene rings is 1. The molecule has 1 N–H and O–H groups in total. The van der Waals surface area contributed by atoms with Crippen molar-refractivity contribution in [3.05, 3.63) is 41.6 Å².